The summed E-state index contributed by atoms with van der Waals surface area (Å²) in [6, 6.07) is 15.5. The van der Waals surface area contributed by atoms with Gasteiger partial charge in [-0.05, 0) is 79.5 Å². The number of amides is 1. The van der Waals surface area contributed by atoms with Crippen molar-refractivity contribution in [1.29, 1.82) is 0 Å². The lowest BCUT2D eigenvalue weighted by Gasteiger charge is -2.12. The van der Waals surface area contributed by atoms with Gasteiger partial charge in [0.25, 0.3) is 5.91 Å². The molecule has 3 aromatic rings. The Morgan fingerprint density at radius 1 is 0.909 bits per heavy atom. The van der Waals surface area contributed by atoms with Crippen molar-refractivity contribution in [2.45, 2.75) is 51.4 Å². The molecule has 2 aromatic carbocycles. The molecule has 6 heteroatoms. The van der Waals surface area contributed by atoms with Crippen LogP contribution in [0.25, 0.3) is 0 Å². The molecular formula is C27H30N2O3S. The summed E-state index contributed by atoms with van der Waals surface area (Å²) in [5.41, 5.74) is 11.8. The van der Waals surface area contributed by atoms with Crippen LogP contribution < -0.4 is 11.1 Å². The second kappa shape index (κ2) is 10.7. The summed E-state index contributed by atoms with van der Waals surface area (Å²) in [6.07, 6.45) is 8.45. The molecule has 0 saturated heterocycles. The third-order valence-corrected chi connectivity index (χ3v) is 7.34. The second-order valence-corrected chi connectivity index (χ2v) is 9.63. The van der Waals surface area contributed by atoms with Gasteiger partial charge in [0.05, 0.1) is 23.2 Å². The van der Waals surface area contributed by atoms with E-state index in [0.29, 0.717) is 16.1 Å². The fourth-order valence-corrected chi connectivity index (χ4v) is 5.51. The minimum Gasteiger partial charge on any atom is -0.465 e. The first-order chi connectivity index (χ1) is 16.0. The van der Waals surface area contributed by atoms with Crippen LogP contribution in [-0.4, -0.2) is 19.0 Å². The molecule has 3 N–H and O–H groups in total. The molecule has 0 fully saturated rings. The Morgan fingerprint density at radius 3 is 2.15 bits per heavy atom. The highest BCUT2D eigenvalue weighted by molar-refractivity contribution is 7.16. The highest BCUT2D eigenvalue weighted by atomic mass is 32.1. The van der Waals surface area contributed by atoms with Crippen LogP contribution >= 0.6 is 11.3 Å². The van der Waals surface area contributed by atoms with Gasteiger partial charge < -0.3 is 15.8 Å². The third kappa shape index (κ3) is 5.63. The molecule has 1 heterocycles. The number of benzene rings is 2. The van der Waals surface area contributed by atoms with E-state index in [-0.39, 0.29) is 11.9 Å². The van der Waals surface area contributed by atoms with Crippen LogP contribution in [0.2, 0.25) is 0 Å². The smallest absolute Gasteiger partial charge is 0.337 e. The average Bonchev–Trinajstić information content (AvgIpc) is 3.12. The van der Waals surface area contributed by atoms with Crippen LogP contribution in [0.4, 0.5) is 10.7 Å². The van der Waals surface area contributed by atoms with E-state index in [4.69, 9.17) is 10.5 Å². The molecule has 1 aromatic heterocycles. The van der Waals surface area contributed by atoms with Gasteiger partial charge in [-0.15, -0.1) is 11.3 Å². The predicted octanol–water partition coefficient (Wildman–Crippen LogP) is 5.81. The van der Waals surface area contributed by atoms with Crippen molar-refractivity contribution in [2.24, 2.45) is 0 Å². The Balaban J connectivity index is 1.37. The Bertz CT molecular complexity index is 1120. The number of carbonyl (C=O) groups excluding carboxylic acids is 2. The number of hydrogen-bond acceptors (Lipinski definition) is 5. The summed E-state index contributed by atoms with van der Waals surface area (Å²) in [5.74, 6) is -0.432. The highest BCUT2D eigenvalue weighted by Gasteiger charge is 2.22. The van der Waals surface area contributed by atoms with E-state index in [1.807, 2.05) is 36.4 Å². The SMILES string of the molecule is COC(=O)c1ccc(CCc2ccc(NC(=O)c3c(N)sc4c3CCCCCC4)cc2)cc1. The van der Waals surface area contributed by atoms with Crippen LogP contribution in [0.15, 0.2) is 48.5 Å². The van der Waals surface area contributed by atoms with Gasteiger partial charge in [0.2, 0.25) is 0 Å². The Morgan fingerprint density at radius 2 is 1.52 bits per heavy atom. The molecule has 0 spiro atoms. The zero-order chi connectivity index (χ0) is 23.2. The van der Waals surface area contributed by atoms with E-state index in [0.717, 1.165) is 48.9 Å². The standard InChI is InChI=1S/C27H30N2O3S/c1-32-27(31)20-14-10-18(11-15-20)8-9-19-12-16-21(17-13-19)29-26(30)24-22-6-4-2-3-5-7-23(22)33-25(24)28/h10-17H,2-9,28H2,1H3,(H,29,30). The predicted molar refractivity (Wildman–Crippen MR) is 134 cm³/mol. The van der Waals surface area contributed by atoms with Crippen LogP contribution in [0, 0.1) is 0 Å². The Kier molecular flexibility index (Phi) is 7.45. The number of methoxy groups -OCH3 is 1. The largest absolute Gasteiger partial charge is 0.465 e. The first-order valence-corrected chi connectivity index (χ1v) is 12.3. The van der Waals surface area contributed by atoms with Crippen LogP contribution in [-0.2, 0) is 30.4 Å². The van der Waals surface area contributed by atoms with E-state index in [9.17, 15) is 9.59 Å². The number of aryl methyl sites for hydroxylation is 3. The first-order valence-electron chi connectivity index (χ1n) is 11.5. The van der Waals surface area contributed by atoms with Crippen LogP contribution in [0.3, 0.4) is 0 Å². The zero-order valence-corrected chi connectivity index (χ0v) is 19.8. The number of carbonyl (C=O) groups is 2. The van der Waals surface area contributed by atoms with Gasteiger partial charge in [-0.1, -0.05) is 37.1 Å². The van der Waals surface area contributed by atoms with Crippen molar-refractivity contribution in [3.8, 4) is 0 Å². The van der Waals surface area contributed by atoms with E-state index < -0.39 is 0 Å². The molecule has 1 aliphatic rings. The molecule has 4 rings (SSSR count). The number of anilines is 2. The molecule has 1 aliphatic carbocycles. The number of rotatable bonds is 6. The molecule has 0 bridgehead atoms. The lowest BCUT2D eigenvalue weighted by molar-refractivity contribution is 0.0600. The van der Waals surface area contributed by atoms with Crippen molar-refractivity contribution in [3.63, 3.8) is 0 Å². The van der Waals surface area contributed by atoms with E-state index in [1.54, 1.807) is 23.5 Å². The van der Waals surface area contributed by atoms with Gasteiger partial charge in [-0.2, -0.15) is 0 Å². The number of nitrogen functional groups attached to an aromatic ring is 1. The number of fused-ring (bicyclic) bond motifs is 1. The maximum Gasteiger partial charge on any atom is 0.337 e. The van der Waals surface area contributed by atoms with Crippen molar-refractivity contribution in [1.82, 2.24) is 0 Å². The molecule has 33 heavy (non-hydrogen) atoms. The monoisotopic (exact) mass is 462 g/mol. The van der Waals surface area contributed by atoms with Crippen LogP contribution in [0.1, 0.15) is 68.0 Å². The summed E-state index contributed by atoms with van der Waals surface area (Å²) in [6.45, 7) is 0. The van der Waals surface area contributed by atoms with Gasteiger partial charge in [0.1, 0.15) is 0 Å². The third-order valence-electron chi connectivity index (χ3n) is 6.21. The van der Waals surface area contributed by atoms with Crippen molar-refractivity contribution >= 4 is 33.9 Å². The summed E-state index contributed by atoms with van der Waals surface area (Å²) in [4.78, 5) is 25.9. The van der Waals surface area contributed by atoms with E-state index in [2.05, 4.69) is 5.32 Å². The summed E-state index contributed by atoms with van der Waals surface area (Å²) in [5, 5.41) is 3.67. The van der Waals surface area contributed by atoms with Gasteiger partial charge in [0, 0.05) is 10.6 Å². The summed E-state index contributed by atoms with van der Waals surface area (Å²) >= 11 is 1.58. The normalized spacial score (nSPS) is 13.5. The summed E-state index contributed by atoms with van der Waals surface area (Å²) in [7, 11) is 1.38. The molecule has 0 atom stereocenters. The molecule has 1 amide bonds. The van der Waals surface area contributed by atoms with E-state index >= 15 is 0 Å². The van der Waals surface area contributed by atoms with Gasteiger partial charge in [-0.25, -0.2) is 4.79 Å². The van der Waals surface area contributed by atoms with Crippen molar-refractivity contribution in [2.75, 3.05) is 18.2 Å². The average molecular weight is 463 g/mol. The molecular weight excluding hydrogens is 432 g/mol. The quantitative estimate of drug-likeness (QED) is 0.453. The zero-order valence-electron chi connectivity index (χ0n) is 19.0. The molecule has 0 saturated carbocycles. The number of nitrogens with one attached hydrogen (secondary N) is 1. The number of ether oxygens (including phenoxy) is 1. The fourth-order valence-electron chi connectivity index (χ4n) is 4.35. The van der Waals surface area contributed by atoms with Gasteiger partial charge in [0.15, 0.2) is 0 Å². The summed E-state index contributed by atoms with van der Waals surface area (Å²) < 4.78 is 4.74. The number of nitrogens with two attached hydrogens (primary N) is 1. The minimum absolute atomic E-state index is 0.107. The van der Waals surface area contributed by atoms with Gasteiger partial charge >= 0.3 is 5.97 Å². The maximum atomic E-state index is 13.0. The van der Waals surface area contributed by atoms with Crippen molar-refractivity contribution < 1.29 is 14.3 Å². The molecule has 5 nitrogen and oxygen atoms in total. The molecule has 0 aliphatic heterocycles. The molecule has 0 unspecified atom stereocenters. The van der Waals surface area contributed by atoms with Crippen LogP contribution in [0.5, 0.6) is 0 Å². The molecule has 172 valence electrons. The number of hydrogen-bond donors (Lipinski definition) is 2. The Labute approximate surface area is 199 Å². The lowest BCUT2D eigenvalue weighted by atomic mass is 9.96. The number of thiophene rings is 1. The topological polar surface area (TPSA) is 81.4 Å². The van der Waals surface area contributed by atoms with E-state index in [1.165, 1.54) is 36.8 Å². The van der Waals surface area contributed by atoms with Crippen molar-refractivity contribution in [3.05, 3.63) is 81.2 Å². The second-order valence-electron chi connectivity index (χ2n) is 8.50. The van der Waals surface area contributed by atoms with Gasteiger partial charge in [-0.3, -0.25) is 4.79 Å². The highest BCUT2D eigenvalue weighted by Crippen LogP contribution is 2.35. The fraction of sp³-hybridized carbons (Fsp3) is 0.333. The molecule has 0 radical (unpaired) electrons. The first kappa shape index (κ1) is 23.1. The minimum atomic E-state index is -0.324. The number of esters is 1. The Hall–Kier alpha value is -3.12. The lowest BCUT2D eigenvalue weighted by Crippen LogP contribution is -2.15. The maximum absolute atomic E-state index is 13.0.